The fourth-order valence-corrected chi connectivity index (χ4v) is 1.56. The molecule has 14 heavy (non-hydrogen) atoms. The lowest BCUT2D eigenvalue weighted by molar-refractivity contribution is 0.395. The number of benzene rings is 1. The molecule has 0 atom stereocenters. The van der Waals surface area contributed by atoms with E-state index >= 15 is 0 Å². The highest BCUT2D eigenvalue weighted by Gasteiger charge is 2.11. The number of rotatable bonds is 2. The molecule has 0 fully saturated rings. The van der Waals surface area contributed by atoms with Gasteiger partial charge in [-0.2, -0.15) is 0 Å². The van der Waals surface area contributed by atoms with Crippen molar-refractivity contribution in [2.75, 3.05) is 26.1 Å². The van der Waals surface area contributed by atoms with E-state index in [2.05, 4.69) is 17.5 Å². The topological polar surface area (TPSA) is 30.5 Å². The molecule has 3 heteroatoms. The van der Waals surface area contributed by atoms with Crippen LogP contribution in [0.2, 0.25) is 0 Å². The number of hydrogen-bond donors (Lipinski definition) is 1. The van der Waals surface area contributed by atoms with Crippen molar-refractivity contribution in [1.29, 1.82) is 0 Å². The largest absolute Gasteiger partial charge is 0.497 e. The summed E-state index contributed by atoms with van der Waals surface area (Å²) in [7, 11) is 3.32. The van der Waals surface area contributed by atoms with E-state index in [0.717, 1.165) is 29.3 Å². The highest BCUT2D eigenvalue weighted by Crippen LogP contribution is 2.35. The highest BCUT2D eigenvalue weighted by atomic mass is 16.5. The first-order chi connectivity index (χ1) is 6.85. The van der Waals surface area contributed by atoms with Gasteiger partial charge in [0.25, 0.3) is 0 Å². The second kappa shape index (κ2) is 3.62. The van der Waals surface area contributed by atoms with Crippen molar-refractivity contribution >= 4 is 11.8 Å². The Balaban J connectivity index is 2.54. The van der Waals surface area contributed by atoms with E-state index < -0.39 is 0 Å². The average Bonchev–Trinajstić information content (AvgIpc) is 2.27. The Bertz CT molecular complexity index is 372. The maximum atomic E-state index is 5.28. The van der Waals surface area contributed by atoms with Gasteiger partial charge in [0.1, 0.15) is 11.5 Å². The zero-order valence-corrected chi connectivity index (χ0v) is 8.33. The number of fused-ring (bicyclic) bond motifs is 1. The summed E-state index contributed by atoms with van der Waals surface area (Å²) in [6.07, 6.45) is 4.14. The molecule has 0 saturated carbocycles. The molecule has 0 unspecified atom stereocenters. The quantitative estimate of drug-likeness (QED) is 0.776. The van der Waals surface area contributed by atoms with Crippen LogP contribution in [0.3, 0.4) is 0 Å². The van der Waals surface area contributed by atoms with Gasteiger partial charge in [0.2, 0.25) is 0 Å². The molecule has 1 aliphatic heterocycles. The number of anilines is 1. The molecule has 0 radical (unpaired) electrons. The van der Waals surface area contributed by atoms with Gasteiger partial charge in [-0.15, -0.1) is 0 Å². The summed E-state index contributed by atoms with van der Waals surface area (Å²) in [5.41, 5.74) is 2.14. The van der Waals surface area contributed by atoms with Crippen molar-refractivity contribution in [3.8, 4) is 11.5 Å². The Morgan fingerprint density at radius 2 is 2.07 bits per heavy atom. The summed E-state index contributed by atoms with van der Waals surface area (Å²) in [5.74, 6) is 1.64. The van der Waals surface area contributed by atoms with Gasteiger partial charge in [0, 0.05) is 18.2 Å². The number of hydrogen-bond acceptors (Lipinski definition) is 3. The number of ether oxygens (including phenoxy) is 2. The predicted octanol–water partition coefficient (Wildman–Crippen LogP) is 2.14. The van der Waals surface area contributed by atoms with Gasteiger partial charge in [-0.05, 0) is 6.07 Å². The molecule has 0 spiro atoms. The molecule has 1 aliphatic rings. The van der Waals surface area contributed by atoms with Crippen LogP contribution in [-0.2, 0) is 0 Å². The molecule has 2 rings (SSSR count). The molecule has 0 bridgehead atoms. The zero-order valence-electron chi connectivity index (χ0n) is 8.33. The summed E-state index contributed by atoms with van der Waals surface area (Å²) in [6.45, 7) is 0.843. The van der Waals surface area contributed by atoms with E-state index in [1.165, 1.54) is 0 Å². The molecule has 0 amide bonds. The normalized spacial score (nSPS) is 13.0. The van der Waals surface area contributed by atoms with Gasteiger partial charge < -0.3 is 14.8 Å². The first-order valence-electron chi connectivity index (χ1n) is 4.51. The van der Waals surface area contributed by atoms with Crippen LogP contribution in [0, 0.1) is 0 Å². The Hall–Kier alpha value is -1.64. The zero-order chi connectivity index (χ0) is 9.97. The lowest BCUT2D eigenvalue weighted by Crippen LogP contribution is -2.06. The second-order valence-corrected chi connectivity index (χ2v) is 3.08. The lowest BCUT2D eigenvalue weighted by atomic mass is 10.1. The molecule has 1 heterocycles. The number of nitrogens with one attached hydrogen (secondary N) is 1. The third-order valence-corrected chi connectivity index (χ3v) is 2.26. The lowest BCUT2D eigenvalue weighted by Gasteiger charge is -2.17. The van der Waals surface area contributed by atoms with Gasteiger partial charge in [-0.3, -0.25) is 0 Å². The molecular weight excluding hydrogens is 178 g/mol. The van der Waals surface area contributed by atoms with Crippen LogP contribution >= 0.6 is 0 Å². The van der Waals surface area contributed by atoms with E-state index in [4.69, 9.17) is 9.47 Å². The Labute approximate surface area is 83.3 Å². The first kappa shape index (κ1) is 8.94. The van der Waals surface area contributed by atoms with Crippen molar-refractivity contribution in [3.63, 3.8) is 0 Å². The Kier molecular flexibility index (Phi) is 2.31. The minimum Gasteiger partial charge on any atom is -0.497 e. The van der Waals surface area contributed by atoms with Crippen LogP contribution in [-0.4, -0.2) is 20.8 Å². The molecule has 1 aromatic rings. The molecule has 74 valence electrons. The van der Waals surface area contributed by atoms with Crippen molar-refractivity contribution < 1.29 is 9.47 Å². The van der Waals surface area contributed by atoms with Crippen LogP contribution in [0.5, 0.6) is 11.5 Å². The van der Waals surface area contributed by atoms with E-state index in [-0.39, 0.29) is 0 Å². The Morgan fingerprint density at radius 3 is 2.79 bits per heavy atom. The van der Waals surface area contributed by atoms with Gasteiger partial charge in [-0.1, -0.05) is 12.2 Å². The maximum absolute atomic E-state index is 5.28. The van der Waals surface area contributed by atoms with Crippen molar-refractivity contribution in [1.82, 2.24) is 0 Å². The van der Waals surface area contributed by atoms with Crippen molar-refractivity contribution in [3.05, 3.63) is 23.8 Å². The van der Waals surface area contributed by atoms with E-state index in [1.807, 2.05) is 12.1 Å². The smallest absolute Gasteiger partial charge is 0.146 e. The molecule has 0 aromatic heterocycles. The molecule has 1 N–H and O–H groups in total. The van der Waals surface area contributed by atoms with E-state index in [9.17, 15) is 0 Å². The molecular formula is C11H13NO2. The average molecular weight is 191 g/mol. The van der Waals surface area contributed by atoms with E-state index in [0.29, 0.717) is 0 Å². The van der Waals surface area contributed by atoms with Gasteiger partial charge in [-0.25, -0.2) is 0 Å². The molecule has 0 saturated heterocycles. The molecule has 1 aromatic carbocycles. The molecule has 0 aliphatic carbocycles. The minimum absolute atomic E-state index is 0.814. The summed E-state index contributed by atoms with van der Waals surface area (Å²) in [6, 6.07) is 3.87. The summed E-state index contributed by atoms with van der Waals surface area (Å²) < 4.78 is 10.5. The monoisotopic (exact) mass is 191 g/mol. The second-order valence-electron chi connectivity index (χ2n) is 3.08. The standard InChI is InChI=1S/C11H13NO2/c1-13-9-6-8-4-3-5-12-11(8)10(7-9)14-2/h3-4,6-7,12H,5H2,1-2H3. The predicted molar refractivity (Wildman–Crippen MR) is 57.1 cm³/mol. The van der Waals surface area contributed by atoms with Crippen LogP contribution in [0.25, 0.3) is 6.08 Å². The fourth-order valence-electron chi connectivity index (χ4n) is 1.56. The van der Waals surface area contributed by atoms with Crippen molar-refractivity contribution in [2.24, 2.45) is 0 Å². The van der Waals surface area contributed by atoms with Gasteiger partial charge >= 0.3 is 0 Å². The van der Waals surface area contributed by atoms with Crippen LogP contribution in [0.1, 0.15) is 5.56 Å². The number of methoxy groups -OCH3 is 2. The minimum atomic E-state index is 0.814. The summed E-state index contributed by atoms with van der Waals surface area (Å²) >= 11 is 0. The summed E-state index contributed by atoms with van der Waals surface area (Å²) in [4.78, 5) is 0. The fraction of sp³-hybridized carbons (Fsp3) is 0.273. The highest BCUT2D eigenvalue weighted by molar-refractivity contribution is 5.77. The van der Waals surface area contributed by atoms with Crippen molar-refractivity contribution in [2.45, 2.75) is 0 Å². The Morgan fingerprint density at radius 1 is 1.21 bits per heavy atom. The van der Waals surface area contributed by atoms with Crippen LogP contribution in [0.15, 0.2) is 18.2 Å². The van der Waals surface area contributed by atoms with Gasteiger partial charge in [0.05, 0.1) is 19.9 Å². The SMILES string of the molecule is COc1cc2c(c(OC)c1)NCC=C2. The molecule has 3 nitrogen and oxygen atoms in total. The first-order valence-corrected chi connectivity index (χ1v) is 4.51. The maximum Gasteiger partial charge on any atom is 0.146 e. The third kappa shape index (κ3) is 1.41. The summed E-state index contributed by atoms with van der Waals surface area (Å²) in [5, 5.41) is 3.27. The third-order valence-electron chi connectivity index (χ3n) is 2.26. The van der Waals surface area contributed by atoms with Crippen LogP contribution in [0.4, 0.5) is 5.69 Å². The van der Waals surface area contributed by atoms with E-state index in [1.54, 1.807) is 14.2 Å². The van der Waals surface area contributed by atoms with Crippen LogP contribution < -0.4 is 14.8 Å². The van der Waals surface area contributed by atoms with Gasteiger partial charge in [0.15, 0.2) is 0 Å².